The summed E-state index contributed by atoms with van der Waals surface area (Å²) in [6.45, 7) is 0. The van der Waals surface area contributed by atoms with Crippen LogP contribution in [0.4, 0.5) is 5.13 Å². The fourth-order valence-electron chi connectivity index (χ4n) is 2.37. The van der Waals surface area contributed by atoms with Crippen LogP contribution in [0.1, 0.15) is 31.4 Å². The first kappa shape index (κ1) is 13.8. The Labute approximate surface area is 115 Å². The number of aromatic nitrogens is 1. The number of hydrogen-bond acceptors (Lipinski definition) is 5. The first-order valence-electron chi connectivity index (χ1n) is 6.33. The molecule has 7 heteroatoms. The van der Waals surface area contributed by atoms with Gasteiger partial charge in [-0.25, -0.2) is 4.98 Å². The summed E-state index contributed by atoms with van der Waals surface area (Å²) in [5, 5.41) is 5.24. The van der Waals surface area contributed by atoms with Crippen LogP contribution in [0, 0.1) is 5.92 Å². The van der Waals surface area contributed by atoms with E-state index in [0.29, 0.717) is 10.8 Å². The van der Waals surface area contributed by atoms with Crippen LogP contribution in [0.3, 0.4) is 0 Å². The fraction of sp³-hybridized carbons (Fsp3) is 0.583. The zero-order chi connectivity index (χ0) is 13.8. The van der Waals surface area contributed by atoms with Gasteiger partial charge in [0.25, 0.3) is 0 Å². The molecule has 1 aromatic heterocycles. The van der Waals surface area contributed by atoms with Crippen LogP contribution in [0.25, 0.3) is 0 Å². The number of nitrogens with two attached hydrogens (primary N) is 2. The molecule has 0 radical (unpaired) electrons. The lowest BCUT2D eigenvalue weighted by Crippen LogP contribution is -2.40. The van der Waals surface area contributed by atoms with E-state index in [4.69, 9.17) is 11.5 Å². The van der Waals surface area contributed by atoms with Crippen molar-refractivity contribution in [3.63, 3.8) is 0 Å². The number of nitrogens with zero attached hydrogens (tertiary/aromatic N) is 1. The van der Waals surface area contributed by atoms with Gasteiger partial charge < -0.3 is 16.8 Å². The number of anilines is 1. The maximum atomic E-state index is 11.8. The van der Waals surface area contributed by atoms with Crippen molar-refractivity contribution in [3.8, 4) is 0 Å². The Bertz CT molecular complexity index is 466. The molecule has 2 amide bonds. The molecule has 1 aliphatic rings. The third kappa shape index (κ3) is 3.92. The molecule has 1 saturated carbocycles. The number of amides is 2. The van der Waals surface area contributed by atoms with E-state index in [1.807, 2.05) is 0 Å². The maximum absolute atomic E-state index is 11.8. The molecule has 6 nitrogen and oxygen atoms in total. The number of carbonyl (C=O) groups is 2. The lowest BCUT2D eigenvalue weighted by Gasteiger charge is -2.27. The number of carbonyl (C=O) groups excluding carboxylic acids is 2. The Morgan fingerprint density at radius 1 is 1.37 bits per heavy atom. The van der Waals surface area contributed by atoms with Gasteiger partial charge in [0.15, 0.2) is 5.13 Å². The van der Waals surface area contributed by atoms with Crippen molar-refractivity contribution in [1.82, 2.24) is 10.3 Å². The molecule has 19 heavy (non-hydrogen) atoms. The SMILES string of the molecule is NC(=O)C1CCC(NC(=O)Cc2csc(N)n2)CC1. The summed E-state index contributed by atoms with van der Waals surface area (Å²) in [6, 6.07) is 0.138. The summed E-state index contributed by atoms with van der Waals surface area (Å²) >= 11 is 1.33. The molecular formula is C12H18N4O2S. The van der Waals surface area contributed by atoms with E-state index in [2.05, 4.69) is 10.3 Å². The molecule has 0 aliphatic heterocycles. The minimum absolute atomic E-state index is 0.0357. The topological polar surface area (TPSA) is 111 Å². The van der Waals surface area contributed by atoms with E-state index in [-0.39, 0.29) is 30.2 Å². The third-order valence-corrected chi connectivity index (χ3v) is 4.13. The van der Waals surface area contributed by atoms with E-state index < -0.39 is 0 Å². The fourth-order valence-corrected chi connectivity index (χ4v) is 2.93. The van der Waals surface area contributed by atoms with E-state index in [9.17, 15) is 9.59 Å². The van der Waals surface area contributed by atoms with Crippen molar-refractivity contribution in [2.24, 2.45) is 11.7 Å². The van der Waals surface area contributed by atoms with Crippen molar-refractivity contribution in [3.05, 3.63) is 11.1 Å². The molecular weight excluding hydrogens is 264 g/mol. The number of nitrogen functional groups attached to an aromatic ring is 1. The summed E-state index contributed by atoms with van der Waals surface area (Å²) in [6.07, 6.45) is 3.37. The van der Waals surface area contributed by atoms with E-state index >= 15 is 0 Å². The highest BCUT2D eigenvalue weighted by Gasteiger charge is 2.25. The maximum Gasteiger partial charge on any atom is 0.226 e. The highest BCUT2D eigenvalue weighted by atomic mass is 32.1. The highest BCUT2D eigenvalue weighted by Crippen LogP contribution is 2.24. The van der Waals surface area contributed by atoms with E-state index in [1.54, 1.807) is 5.38 Å². The molecule has 5 N–H and O–H groups in total. The zero-order valence-corrected chi connectivity index (χ0v) is 11.4. The van der Waals surface area contributed by atoms with Gasteiger partial charge in [-0.15, -0.1) is 11.3 Å². The second-order valence-corrected chi connectivity index (χ2v) is 5.76. The monoisotopic (exact) mass is 282 g/mol. The summed E-state index contributed by atoms with van der Waals surface area (Å²) in [5.41, 5.74) is 11.5. The molecule has 0 aromatic carbocycles. The molecule has 2 rings (SSSR count). The smallest absolute Gasteiger partial charge is 0.226 e. The second-order valence-electron chi connectivity index (χ2n) is 4.87. The van der Waals surface area contributed by atoms with Gasteiger partial charge in [-0.3, -0.25) is 9.59 Å². The van der Waals surface area contributed by atoms with Crippen LogP contribution >= 0.6 is 11.3 Å². The van der Waals surface area contributed by atoms with Gasteiger partial charge >= 0.3 is 0 Å². The van der Waals surface area contributed by atoms with E-state index in [1.165, 1.54) is 11.3 Å². The van der Waals surface area contributed by atoms with E-state index in [0.717, 1.165) is 25.7 Å². The zero-order valence-electron chi connectivity index (χ0n) is 10.6. The number of hydrogen-bond donors (Lipinski definition) is 3. The van der Waals surface area contributed by atoms with Crippen LogP contribution in [-0.2, 0) is 16.0 Å². The largest absolute Gasteiger partial charge is 0.375 e. The van der Waals surface area contributed by atoms with Crippen LogP contribution in [0.5, 0.6) is 0 Å². The van der Waals surface area contributed by atoms with Gasteiger partial charge in [-0.2, -0.15) is 0 Å². The van der Waals surface area contributed by atoms with Gasteiger partial charge in [0.1, 0.15) is 0 Å². The molecule has 0 bridgehead atoms. The minimum atomic E-state index is -0.234. The van der Waals surface area contributed by atoms with Crippen molar-refractivity contribution >= 4 is 28.3 Å². The van der Waals surface area contributed by atoms with Crippen LogP contribution in [0.2, 0.25) is 0 Å². The normalized spacial score (nSPS) is 22.9. The average Bonchev–Trinajstić information content (AvgIpc) is 2.75. The number of rotatable bonds is 4. The number of nitrogens with one attached hydrogen (secondary N) is 1. The van der Waals surface area contributed by atoms with Gasteiger partial charge in [0.2, 0.25) is 11.8 Å². The third-order valence-electron chi connectivity index (χ3n) is 3.41. The summed E-state index contributed by atoms with van der Waals surface area (Å²) in [7, 11) is 0. The van der Waals surface area contributed by atoms with Gasteiger partial charge in [0.05, 0.1) is 12.1 Å². The van der Waals surface area contributed by atoms with Crippen molar-refractivity contribution in [2.45, 2.75) is 38.1 Å². The Kier molecular flexibility index (Phi) is 4.36. The van der Waals surface area contributed by atoms with Gasteiger partial charge in [-0.05, 0) is 25.7 Å². The summed E-state index contributed by atoms with van der Waals surface area (Å²) in [4.78, 5) is 26.9. The lowest BCUT2D eigenvalue weighted by molar-refractivity contribution is -0.123. The number of primary amides is 1. The minimum Gasteiger partial charge on any atom is -0.375 e. The first-order chi connectivity index (χ1) is 9.04. The Morgan fingerprint density at radius 3 is 2.58 bits per heavy atom. The predicted octanol–water partition coefficient (Wildman–Crippen LogP) is 0.428. The predicted molar refractivity (Wildman–Crippen MR) is 73.3 cm³/mol. The molecule has 0 atom stereocenters. The molecule has 1 aliphatic carbocycles. The van der Waals surface area contributed by atoms with Crippen LogP contribution in [-0.4, -0.2) is 22.8 Å². The molecule has 0 saturated heterocycles. The van der Waals surface area contributed by atoms with Gasteiger partial charge in [-0.1, -0.05) is 0 Å². The molecule has 104 valence electrons. The molecule has 0 spiro atoms. The van der Waals surface area contributed by atoms with Crippen LogP contribution < -0.4 is 16.8 Å². The van der Waals surface area contributed by atoms with Crippen molar-refractivity contribution in [1.29, 1.82) is 0 Å². The highest BCUT2D eigenvalue weighted by molar-refractivity contribution is 7.13. The molecule has 1 heterocycles. The molecule has 0 unspecified atom stereocenters. The first-order valence-corrected chi connectivity index (χ1v) is 7.21. The number of thiazole rings is 1. The Hall–Kier alpha value is -1.63. The average molecular weight is 282 g/mol. The Morgan fingerprint density at radius 2 is 2.05 bits per heavy atom. The molecule has 1 aromatic rings. The Balaban J connectivity index is 1.76. The second kappa shape index (κ2) is 6.01. The van der Waals surface area contributed by atoms with Gasteiger partial charge in [0, 0.05) is 17.3 Å². The summed E-state index contributed by atoms with van der Waals surface area (Å²) in [5.74, 6) is -0.318. The standard InChI is InChI=1S/C12H18N4O2S/c13-11(18)7-1-3-8(4-2-7)15-10(17)5-9-6-19-12(14)16-9/h6-8H,1-5H2,(H2,13,18)(H2,14,16)(H,15,17). The van der Waals surface area contributed by atoms with Crippen molar-refractivity contribution in [2.75, 3.05) is 5.73 Å². The summed E-state index contributed by atoms with van der Waals surface area (Å²) < 4.78 is 0. The van der Waals surface area contributed by atoms with Crippen molar-refractivity contribution < 1.29 is 9.59 Å². The lowest BCUT2D eigenvalue weighted by atomic mass is 9.85. The quantitative estimate of drug-likeness (QED) is 0.743. The van der Waals surface area contributed by atoms with Crippen LogP contribution in [0.15, 0.2) is 5.38 Å². The molecule has 1 fully saturated rings.